The minimum atomic E-state index is -1.13. The van der Waals surface area contributed by atoms with Gasteiger partial charge in [0.15, 0.2) is 0 Å². The molecule has 0 saturated heterocycles. The van der Waals surface area contributed by atoms with E-state index in [-0.39, 0.29) is 11.8 Å². The Bertz CT molecular complexity index is 1510. The Hall–Kier alpha value is -4.04. The number of fused-ring (bicyclic) bond motifs is 2. The Balaban J connectivity index is 1.48. The van der Waals surface area contributed by atoms with Crippen LogP contribution in [0.2, 0.25) is 0 Å². The molecule has 0 spiro atoms. The number of rotatable bonds is 8. The third-order valence-electron chi connectivity index (χ3n) is 7.68. The highest BCUT2D eigenvalue weighted by atomic mass is 16.2. The number of nitrogens with zero attached hydrogens (tertiary/aromatic N) is 6. The lowest BCUT2D eigenvalue weighted by molar-refractivity contribution is -0.137. The Kier molecular flexibility index (Phi) is 7.23. The third kappa shape index (κ3) is 5.04. The van der Waals surface area contributed by atoms with E-state index in [1.54, 1.807) is 36.9 Å². The minimum absolute atomic E-state index is 0.173. The smallest absolute Gasteiger partial charge is 0.242 e. The van der Waals surface area contributed by atoms with Gasteiger partial charge in [-0.3, -0.25) is 24.2 Å². The topological polar surface area (TPSA) is 74.6 Å². The highest BCUT2D eigenvalue weighted by molar-refractivity contribution is 6.19. The Morgan fingerprint density at radius 3 is 2.44 bits per heavy atom. The number of pyridine rings is 1. The number of anilines is 2. The van der Waals surface area contributed by atoms with Crippen molar-refractivity contribution in [3.63, 3.8) is 0 Å². The quantitative estimate of drug-likeness (QED) is 0.316. The molecule has 0 unspecified atom stereocenters. The molecule has 4 aromatic rings. The molecule has 0 saturated carbocycles. The van der Waals surface area contributed by atoms with E-state index < -0.39 is 5.41 Å². The molecule has 0 bridgehead atoms. The summed E-state index contributed by atoms with van der Waals surface area (Å²) in [5.74, 6) is -0.372. The predicted molar refractivity (Wildman–Crippen MR) is 154 cm³/mol. The van der Waals surface area contributed by atoms with Gasteiger partial charge in [-0.1, -0.05) is 30.3 Å². The van der Waals surface area contributed by atoms with Crippen molar-refractivity contribution < 1.29 is 9.59 Å². The Morgan fingerprint density at radius 2 is 1.69 bits per heavy atom. The molecule has 0 radical (unpaired) electrons. The summed E-state index contributed by atoms with van der Waals surface area (Å²) in [5.41, 5.74) is 4.80. The van der Waals surface area contributed by atoms with Crippen molar-refractivity contribution in [1.82, 2.24) is 19.7 Å². The molecule has 1 aliphatic rings. The molecule has 0 atom stereocenters. The average molecular weight is 525 g/mol. The summed E-state index contributed by atoms with van der Waals surface area (Å²) in [6.45, 7) is 8.03. The number of hydrogen-bond donors (Lipinski definition) is 0. The minimum Gasteiger partial charge on any atom is -0.313 e. The Labute approximate surface area is 229 Å². The fraction of sp³-hybridized carbons (Fsp3) is 0.355. The molecule has 0 aliphatic carbocycles. The van der Waals surface area contributed by atoms with E-state index in [2.05, 4.69) is 46.3 Å². The highest BCUT2D eigenvalue weighted by Crippen LogP contribution is 2.39. The first-order chi connectivity index (χ1) is 18.7. The zero-order valence-corrected chi connectivity index (χ0v) is 23.4. The zero-order chi connectivity index (χ0) is 27.7. The summed E-state index contributed by atoms with van der Waals surface area (Å²) in [6, 6.07) is 18.5. The second-order valence-corrected chi connectivity index (χ2v) is 10.8. The van der Waals surface area contributed by atoms with Crippen LogP contribution < -0.4 is 9.80 Å². The van der Waals surface area contributed by atoms with Gasteiger partial charge < -0.3 is 9.80 Å². The van der Waals surface area contributed by atoms with Crippen molar-refractivity contribution in [1.29, 1.82) is 0 Å². The van der Waals surface area contributed by atoms with Gasteiger partial charge in [-0.05, 0) is 62.6 Å². The van der Waals surface area contributed by atoms with Crippen LogP contribution in [-0.2, 0) is 36.1 Å². The first kappa shape index (κ1) is 26.6. The summed E-state index contributed by atoms with van der Waals surface area (Å²) in [4.78, 5) is 36.6. The molecule has 39 heavy (non-hydrogen) atoms. The summed E-state index contributed by atoms with van der Waals surface area (Å²) >= 11 is 0. The number of para-hydroxylation sites is 1. The number of aromatic nitrogens is 3. The lowest BCUT2D eigenvalue weighted by Gasteiger charge is -2.27. The Morgan fingerprint density at radius 1 is 0.897 bits per heavy atom. The van der Waals surface area contributed by atoms with Gasteiger partial charge in [-0.25, -0.2) is 0 Å². The fourth-order valence-electron chi connectivity index (χ4n) is 5.47. The van der Waals surface area contributed by atoms with E-state index in [0.717, 1.165) is 46.5 Å². The lowest BCUT2D eigenvalue weighted by atomic mass is 9.90. The van der Waals surface area contributed by atoms with Crippen LogP contribution in [0.1, 0.15) is 37.6 Å². The van der Waals surface area contributed by atoms with Crippen molar-refractivity contribution in [3.05, 3.63) is 83.8 Å². The maximum Gasteiger partial charge on any atom is 0.242 e. The number of carbonyl (C=O) groups is 2. The van der Waals surface area contributed by atoms with Crippen LogP contribution in [0.25, 0.3) is 10.9 Å². The standard InChI is InChI=1S/C31H36N6O2/c1-6-37-27-14-13-23(18-28(27)34(4)29(38)31(2,3)30(37)39)20-36(17-15-22-10-9-16-32-19-22)21-25-24-11-7-8-12-26(24)35(5)33-25/h7-14,16,18-19H,6,15,17,20-21H2,1-5H3. The van der Waals surface area contributed by atoms with Crippen molar-refractivity contribution in [2.75, 3.05) is 29.9 Å². The van der Waals surface area contributed by atoms with Gasteiger partial charge in [0.1, 0.15) is 5.41 Å². The largest absolute Gasteiger partial charge is 0.313 e. The summed E-state index contributed by atoms with van der Waals surface area (Å²) in [7, 11) is 3.74. The molecule has 0 N–H and O–H groups in total. The van der Waals surface area contributed by atoms with Crippen molar-refractivity contribution in [2.45, 2.75) is 40.3 Å². The molecule has 8 nitrogen and oxygen atoms in total. The van der Waals surface area contributed by atoms with Crippen LogP contribution in [0.5, 0.6) is 0 Å². The summed E-state index contributed by atoms with van der Waals surface area (Å²) in [5, 5.41) is 5.99. The van der Waals surface area contributed by atoms with Crippen molar-refractivity contribution >= 4 is 34.1 Å². The van der Waals surface area contributed by atoms with Gasteiger partial charge in [0, 0.05) is 58.1 Å². The molecule has 0 fully saturated rings. The van der Waals surface area contributed by atoms with Crippen molar-refractivity contribution in [3.8, 4) is 0 Å². The lowest BCUT2D eigenvalue weighted by Crippen LogP contribution is -2.47. The number of aryl methyl sites for hydroxylation is 1. The van der Waals surface area contributed by atoms with Gasteiger partial charge in [0.2, 0.25) is 11.8 Å². The van der Waals surface area contributed by atoms with Gasteiger partial charge in [-0.2, -0.15) is 5.10 Å². The SMILES string of the molecule is CCN1C(=O)C(C)(C)C(=O)N(C)c2cc(CN(CCc3cccnc3)Cc3nn(C)c4ccccc34)ccc21. The maximum atomic E-state index is 13.3. The van der Waals surface area contributed by atoms with Crippen LogP contribution >= 0.6 is 0 Å². The van der Waals surface area contributed by atoms with Gasteiger partial charge >= 0.3 is 0 Å². The molecular formula is C31H36N6O2. The molecule has 2 aromatic carbocycles. The van der Waals surface area contributed by atoms with Gasteiger partial charge in [-0.15, -0.1) is 0 Å². The molecule has 5 rings (SSSR count). The summed E-state index contributed by atoms with van der Waals surface area (Å²) < 4.78 is 1.94. The van der Waals surface area contributed by atoms with E-state index in [9.17, 15) is 9.59 Å². The maximum absolute atomic E-state index is 13.3. The first-order valence-electron chi connectivity index (χ1n) is 13.5. The first-order valence-corrected chi connectivity index (χ1v) is 13.5. The number of benzene rings is 2. The van der Waals surface area contributed by atoms with Crippen molar-refractivity contribution in [2.24, 2.45) is 12.5 Å². The third-order valence-corrected chi connectivity index (χ3v) is 7.68. The predicted octanol–water partition coefficient (Wildman–Crippen LogP) is 4.57. The monoisotopic (exact) mass is 524 g/mol. The fourth-order valence-corrected chi connectivity index (χ4v) is 5.47. The van der Waals surface area contributed by atoms with Gasteiger partial charge in [0.05, 0.1) is 22.6 Å². The molecule has 3 heterocycles. The van der Waals surface area contributed by atoms with Crippen LogP contribution in [0.3, 0.4) is 0 Å². The van der Waals surface area contributed by atoms with Gasteiger partial charge in [0.25, 0.3) is 0 Å². The number of carbonyl (C=O) groups excluding carboxylic acids is 2. The van der Waals surface area contributed by atoms with Crippen LogP contribution in [0.4, 0.5) is 11.4 Å². The molecular weight excluding hydrogens is 488 g/mol. The van der Waals surface area contributed by atoms with Crippen LogP contribution in [-0.4, -0.2) is 51.6 Å². The molecule has 8 heteroatoms. The van der Waals surface area contributed by atoms with Crippen LogP contribution in [0, 0.1) is 5.41 Å². The number of amides is 2. The van der Waals surface area contributed by atoms with E-state index in [1.807, 2.05) is 43.0 Å². The number of hydrogen-bond acceptors (Lipinski definition) is 5. The normalized spacial score (nSPS) is 15.2. The zero-order valence-electron chi connectivity index (χ0n) is 23.4. The summed E-state index contributed by atoms with van der Waals surface area (Å²) in [6.07, 6.45) is 4.56. The second kappa shape index (κ2) is 10.6. The molecule has 202 valence electrons. The molecule has 2 aromatic heterocycles. The van der Waals surface area contributed by atoms with E-state index in [4.69, 9.17) is 5.10 Å². The van der Waals surface area contributed by atoms with Crippen LogP contribution in [0.15, 0.2) is 67.0 Å². The highest BCUT2D eigenvalue weighted by Gasteiger charge is 2.45. The second-order valence-electron chi connectivity index (χ2n) is 10.8. The molecule has 2 amide bonds. The van der Waals surface area contributed by atoms with E-state index in [1.165, 1.54) is 5.56 Å². The average Bonchev–Trinajstić information content (AvgIpc) is 3.24. The van der Waals surface area contributed by atoms with E-state index in [0.29, 0.717) is 19.6 Å². The van der Waals surface area contributed by atoms with E-state index >= 15 is 0 Å². The molecule has 1 aliphatic heterocycles.